The van der Waals surface area contributed by atoms with E-state index in [1.807, 2.05) is 0 Å². The van der Waals surface area contributed by atoms with Gasteiger partial charge in [0, 0.05) is 12.8 Å². The minimum absolute atomic E-state index is 0.160. The standard InChI is InChI=1S/C52H98NO10P/c1-3-5-7-9-11-13-15-17-19-21-23-24-26-27-29-31-33-35-37-39-41-43-50(54)60-45-48(46-61-64(58,59)62-47-49(53)52(56)57)63-51(55)44-42-40-38-36-34-32-30-28-25-22-20-18-16-14-12-10-8-6-4-2/h12,14,18,20,48-49H,3-11,13,15-17,19,21-47,53H2,1-2H3,(H,56,57)(H,58,59)/b14-12-,20-18-/t48-,49+/m1/s1. The van der Waals surface area contributed by atoms with Crippen LogP contribution in [0.15, 0.2) is 24.3 Å². The van der Waals surface area contributed by atoms with Crippen molar-refractivity contribution in [1.82, 2.24) is 0 Å². The number of unbranched alkanes of at least 4 members (excludes halogenated alkanes) is 32. The van der Waals surface area contributed by atoms with E-state index in [9.17, 15) is 23.8 Å². The molecule has 0 aliphatic rings. The van der Waals surface area contributed by atoms with E-state index in [1.54, 1.807) is 0 Å². The fraction of sp³-hybridized carbons (Fsp3) is 0.865. The number of carboxylic acids is 1. The van der Waals surface area contributed by atoms with Crippen molar-refractivity contribution in [2.75, 3.05) is 19.8 Å². The number of carboxylic acid groups (broad SMARTS) is 1. The smallest absolute Gasteiger partial charge is 0.472 e. The lowest BCUT2D eigenvalue weighted by atomic mass is 10.0. The molecule has 376 valence electrons. The van der Waals surface area contributed by atoms with Crippen LogP contribution >= 0.6 is 7.82 Å². The lowest BCUT2D eigenvalue weighted by Gasteiger charge is -2.20. The third-order valence-corrected chi connectivity index (χ3v) is 12.7. The lowest BCUT2D eigenvalue weighted by Crippen LogP contribution is -2.34. The number of carbonyl (C=O) groups excluding carboxylic acids is 2. The second-order valence-corrected chi connectivity index (χ2v) is 19.5. The number of esters is 2. The highest BCUT2D eigenvalue weighted by Gasteiger charge is 2.28. The summed E-state index contributed by atoms with van der Waals surface area (Å²) in [5.41, 5.74) is 5.36. The van der Waals surface area contributed by atoms with E-state index in [-0.39, 0.29) is 19.4 Å². The van der Waals surface area contributed by atoms with Crippen LogP contribution in [0.25, 0.3) is 0 Å². The van der Waals surface area contributed by atoms with Gasteiger partial charge in [0.1, 0.15) is 12.6 Å². The van der Waals surface area contributed by atoms with Gasteiger partial charge >= 0.3 is 25.7 Å². The van der Waals surface area contributed by atoms with Crippen molar-refractivity contribution in [1.29, 1.82) is 0 Å². The summed E-state index contributed by atoms with van der Waals surface area (Å²) in [6.07, 6.45) is 52.4. The number of rotatable bonds is 50. The maximum absolute atomic E-state index is 12.7. The van der Waals surface area contributed by atoms with Crippen molar-refractivity contribution in [2.24, 2.45) is 5.73 Å². The number of allylic oxidation sites excluding steroid dienone is 4. The van der Waals surface area contributed by atoms with Crippen molar-refractivity contribution in [3.63, 3.8) is 0 Å². The number of ether oxygens (including phenoxy) is 2. The van der Waals surface area contributed by atoms with Gasteiger partial charge in [-0.3, -0.25) is 23.4 Å². The Morgan fingerprint density at radius 3 is 1.25 bits per heavy atom. The third-order valence-electron chi connectivity index (χ3n) is 11.7. The molecule has 0 aliphatic carbocycles. The summed E-state index contributed by atoms with van der Waals surface area (Å²) in [7, 11) is -4.72. The van der Waals surface area contributed by atoms with E-state index in [1.165, 1.54) is 167 Å². The minimum Gasteiger partial charge on any atom is -0.480 e. The molecule has 0 amide bonds. The van der Waals surface area contributed by atoms with E-state index in [0.717, 1.165) is 51.4 Å². The van der Waals surface area contributed by atoms with Crippen LogP contribution < -0.4 is 5.73 Å². The lowest BCUT2D eigenvalue weighted by molar-refractivity contribution is -0.161. The first kappa shape index (κ1) is 62.0. The Kier molecular flexibility index (Phi) is 45.9. The molecule has 0 aromatic rings. The normalized spacial score (nSPS) is 13.7. The van der Waals surface area contributed by atoms with Crippen LogP contribution in [0.3, 0.4) is 0 Å². The van der Waals surface area contributed by atoms with Crippen molar-refractivity contribution < 1.29 is 47.5 Å². The molecule has 0 heterocycles. The number of phosphoric acid groups is 1. The summed E-state index contributed by atoms with van der Waals surface area (Å²) in [4.78, 5) is 46.2. The summed E-state index contributed by atoms with van der Waals surface area (Å²) < 4.78 is 32.9. The molecule has 12 heteroatoms. The zero-order valence-electron chi connectivity index (χ0n) is 41.1. The van der Waals surface area contributed by atoms with Crippen molar-refractivity contribution in [3.8, 4) is 0 Å². The average Bonchev–Trinajstić information content (AvgIpc) is 3.27. The second kappa shape index (κ2) is 47.5. The first-order valence-electron chi connectivity index (χ1n) is 26.4. The Bertz CT molecular complexity index is 1180. The summed E-state index contributed by atoms with van der Waals surface area (Å²) >= 11 is 0. The first-order valence-corrected chi connectivity index (χ1v) is 27.9. The topological polar surface area (TPSA) is 172 Å². The SMILES string of the molecule is CCCCC/C=C\C/C=C\CCCCCCCCCCCC(=O)O[C@H](COC(=O)CCCCCCCCCCCCCCCCCCCCCCC)COP(=O)(O)OC[C@H](N)C(=O)O. The first-order chi connectivity index (χ1) is 31.1. The Balaban J connectivity index is 4.20. The Morgan fingerprint density at radius 2 is 0.828 bits per heavy atom. The Morgan fingerprint density at radius 1 is 0.484 bits per heavy atom. The zero-order valence-corrected chi connectivity index (χ0v) is 42.0. The molecular weight excluding hydrogens is 830 g/mol. The second-order valence-electron chi connectivity index (χ2n) is 18.0. The fourth-order valence-electron chi connectivity index (χ4n) is 7.57. The number of hydrogen-bond donors (Lipinski definition) is 3. The molecule has 0 aromatic heterocycles. The monoisotopic (exact) mass is 928 g/mol. The molecule has 0 aliphatic heterocycles. The predicted octanol–water partition coefficient (Wildman–Crippen LogP) is 15.0. The number of nitrogens with two attached hydrogens (primary N) is 1. The van der Waals surface area contributed by atoms with Crippen LogP contribution in [0.1, 0.15) is 258 Å². The fourth-order valence-corrected chi connectivity index (χ4v) is 8.35. The molecule has 0 fully saturated rings. The van der Waals surface area contributed by atoms with Gasteiger partial charge in [0.05, 0.1) is 13.2 Å². The molecule has 11 nitrogen and oxygen atoms in total. The molecular formula is C52H98NO10P. The summed E-state index contributed by atoms with van der Waals surface area (Å²) in [5, 5.41) is 8.93. The van der Waals surface area contributed by atoms with E-state index >= 15 is 0 Å². The van der Waals surface area contributed by atoms with Crippen LogP contribution in [0.4, 0.5) is 0 Å². The zero-order chi connectivity index (χ0) is 47.0. The molecule has 0 spiro atoms. The number of hydrogen-bond acceptors (Lipinski definition) is 9. The Hall–Kier alpha value is -2.04. The molecule has 0 saturated carbocycles. The molecule has 0 bridgehead atoms. The molecule has 1 unspecified atom stereocenters. The van der Waals surface area contributed by atoms with E-state index < -0.39 is 51.1 Å². The third kappa shape index (κ3) is 46.5. The molecule has 64 heavy (non-hydrogen) atoms. The highest BCUT2D eigenvalue weighted by molar-refractivity contribution is 7.47. The van der Waals surface area contributed by atoms with Crippen molar-refractivity contribution in [3.05, 3.63) is 24.3 Å². The number of carbonyl (C=O) groups is 3. The molecule has 0 rings (SSSR count). The van der Waals surface area contributed by atoms with Crippen LogP contribution in [-0.2, 0) is 37.5 Å². The summed E-state index contributed by atoms with van der Waals surface area (Å²) in [5.74, 6) is -2.37. The van der Waals surface area contributed by atoms with E-state index in [0.29, 0.717) is 12.8 Å². The van der Waals surface area contributed by atoms with Gasteiger partial charge in [-0.1, -0.05) is 224 Å². The average molecular weight is 928 g/mol. The molecule has 4 N–H and O–H groups in total. The molecule has 0 aromatic carbocycles. The van der Waals surface area contributed by atoms with Gasteiger partial charge in [-0.25, -0.2) is 4.57 Å². The minimum atomic E-state index is -4.72. The van der Waals surface area contributed by atoms with Gasteiger partial charge in [-0.15, -0.1) is 0 Å². The number of aliphatic carboxylic acids is 1. The summed E-state index contributed by atoms with van der Waals surface area (Å²) in [6.45, 7) is 2.83. The van der Waals surface area contributed by atoms with Gasteiger partial charge in [0.15, 0.2) is 6.10 Å². The van der Waals surface area contributed by atoms with Gasteiger partial charge in [-0.2, -0.15) is 0 Å². The number of phosphoric ester groups is 1. The largest absolute Gasteiger partial charge is 0.480 e. The van der Waals surface area contributed by atoms with Gasteiger partial charge in [0.2, 0.25) is 0 Å². The van der Waals surface area contributed by atoms with Gasteiger partial charge in [0.25, 0.3) is 0 Å². The highest BCUT2D eigenvalue weighted by Crippen LogP contribution is 2.43. The predicted molar refractivity (Wildman–Crippen MR) is 263 cm³/mol. The van der Waals surface area contributed by atoms with Crippen LogP contribution in [0.5, 0.6) is 0 Å². The molecule has 3 atom stereocenters. The van der Waals surface area contributed by atoms with Crippen LogP contribution in [0, 0.1) is 0 Å². The van der Waals surface area contributed by atoms with Crippen molar-refractivity contribution >= 4 is 25.7 Å². The van der Waals surface area contributed by atoms with Crippen LogP contribution in [0.2, 0.25) is 0 Å². The maximum Gasteiger partial charge on any atom is 0.472 e. The van der Waals surface area contributed by atoms with Crippen LogP contribution in [-0.4, -0.2) is 59.9 Å². The molecule has 0 saturated heterocycles. The quantitative estimate of drug-likeness (QED) is 0.0229. The van der Waals surface area contributed by atoms with E-state index in [4.69, 9.17) is 24.8 Å². The maximum atomic E-state index is 12.7. The van der Waals surface area contributed by atoms with E-state index in [2.05, 4.69) is 42.7 Å². The molecule has 0 radical (unpaired) electrons. The van der Waals surface area contributed by atoms with Gasteiger partial charge < -0.3 is 25.2 Å². The van der Waals surface area contributed by atoms with Gasteiger partial charge in [-0.05, 0) is 44.9 Å². The summed E-state index contributed by atoms with van der Waals surface area (Å²) in [6, 6.07) is -1.52. The van der Waals surface area contributed by atoms with Crippen molar-refractivity contribution in [2.45, 2.75) is 270 Å². The highest BCUT2D eigenvalue weighted by atomic mass is 31.2. The Labute approximate surface area is 391 Å².